The summed E-state index contributed by atoms with van der Waals surface area (Å²) in [5.41, 5.74) is -0.00800. The maximum Gasteiger partial charge on any atom is 0.332 e. The van der Waals surface area contributed by atoms with Crippen LogP contribution in [0.1, 0.15) is 35.9 Å². The van der Waals surface area contributed by atoms with Gasteiger partial charge in [0, 0.05) is 44.4 Å². The summed E-state index contributed by atoms with van der Waals surface area (Å²) >= 11 is 1.68. The number of imidazole rings is 1. The van der Waals surface area contributed by atoms with Gasteiger partial charge in [-0.25, -0.2) is 9.78 Å². The van der Waals surface area contributed by atoms with E-state index in [1.807, 2.05) is 16.3 Å². The average molecular weight is 401 g/mol. The largest absolute Gasteiger partial charge is 0.343 e. The van der Waals surface area contributed by atoms with E-state index in [-0.39, 0.29) is 23.1 Å². The minimum absolute atomic E-state index is 0.147. The molecule has 4 heterocycles. The zero-order valence-electron chi connectivity index (χ0n) is 16.0. The van der Waals surface area contributed by atoms with Gasteiger partial charge in [-0.05, 0) is 30.7 Å². The number of amides is 1. The molecule has 1 amide bonds. The smallest absolute Gasteiger partial charge is 0.332 e. The highest BCUT2D eigenvalue weighted by Gasteiger charge is 2.26. The van der Waals surface area contributed by atoms with Crippen LogP contribution in [0.15, 0.2) is 27.1 Å². The van der Waals surface area contributed by atoms with Crippen LogP contribution in [0.2, 0.25) is 0 Å². The number of aryl methyl sites for hydroxylation is 2. The fraction of sp³-hybridized carbons (Fsp3) is 0.474. The van der Waals surface area contributed by atoms with Crippen LogP contribution in [-0.4, -0.2) is 43.0 Å². The van der Waals surface area contributed by atoms with Crippen molar-refractivity contribution in [2.24, 2.45) is 14.1 Å². The number of likely N-dealkylation sites (tertiary alicyclic amines) is 1. The van der Waals surface area contributed by atoms with Crippen LogP contribution < -0.4 is 11.2 Å². The molecular formula is C19H23N5O3S. The molecular weight excluding hydrogens is 378 g/mol. The quantitative estimate of drug-likeness (QED) is 0.714. The van der Waals surface area contributed by atoms with E-state index in [1.165, 1.54) is 16.5 Å². The Morgan fingerprint density at radius 2 is 2.00 bits per heavy atom. The van der Waals surface area contributed by atoms with Crippen molar-refractivity contribution in [2.75, 3.05) is 13.1 Å². The minimum Gasteiger partial charge on any atom is -0.343 e. The van der Waals surface area contributed by atoms with Crippen molar-refractivity contribution >= 4 is 28.4 Å². The van der Waals surface area contributed by atoms with E-state index in [2.05, 4.69) is 16.0 Å². The van der Waals surface area contributed by atoms with Crippen LogP contribution in [0.5, 0.6) is 0 Å². The van der Waals surface area contributed by atoms with E-state index in [0.29, 0.717) is 30.7 Å². The van der Waals surface area contributed by atoms with Crippen molar-refractivity contribution in [3.8, 4) is 0 Å². The van der Waals surface area contributed by atoms with Crippen LogP contribution in [-0.2, 0) is 25.3 Å². The molecule has 0 saturated carbocycles. The molecule has 8 nitrogen and oxygen atoms in total. The van der Waals surface area contributed by atoms with Crippen molar-refractivity contribution in [3.05, 3.63) is 49.1 Å². The van der Waals surface area contributed by atoms with Gasteiger partial charge in [-0.15, -0.1) is 11.3 Å². The van der Waals surface area contributed by atoms with Gasteiger partial charge in [0.2, 0.25) is 5.91 Å². The highest BCUT2D eigenvalue weighted by atomic mass is 32.1. The Bertz CT molecular complexity index is 1120. The van der Waals surface area contributed by atoms with E-state index >= 15 is 0 Å². The van der Waals surface area contributed by atoms with Gasteiger partial charge in [-0.3, -0.25) is 18.7 Å². The highest BCUT2D eigenvalue weighted by molar-refractivity contribution is 7.09. The first kappa shape index (κ1) is 18.7. The van der Waals surface area contributed by atoms with E-state index in [9.17, 15) is 14.4 Å². The first-order valence-corrected chi connectivity index (χ1v) is 10.3. The molecule has 0 bridgehead atoms. The molecule has 0 atom stereocenters. The molecule has 3 aromatic rings. The number of thiophene rings is 1. The summed E-state index contributed by atoms with van der Waals surface area (Å²) < 4.78 is 2.47. The molecule has 0 aliphatic carbocycles. The van der Waals surface area contributed by atoms with E-state index in [4.69, 9.17) is 0 Å². The number of hydrogen-bond acceptors (Lipinski definition) is 5. The fourth-order valence-corrected chi connectivity index (χ4v) is 4.49. The number of nitrogens with zero attached hydrogens (tertiary/aromatic N) is 4. The van der Waals surface area contributed by atoms with Crippen LogP contribution in [0.4, 0.5) is 0 Å². The van der Waals surface area contributed by atoms with Crippen LogP contribution in [0, 0.1) is 0 Å². The third-order valence-corrected chi connectivity index (χ3v) is 6.45. The number of fused-ring (bicyclic) bond motifs is 1. The normalized spacial score (nSPS) is 15.4. The van der Waals surface area contributed by atoms with Crippen molar-refractivity contribution < 1.29 is 4.79 Å². The maximum absolute atomic E-state index is 12.5. The lowest BCUT2D eigenvalue weighted by atomic mass is 9.96. The second-order valence-electron chi connectivity index (χ2n) is 7.26. The first-order chi connectivity index (χ1) is 13.5. The molecule has 1 fully saturated rings. The van der Waals surface area contributed by atoms with E-state index < -0.39 is 0 Å². The van der Waals surface area contributed by atoms with Gasteiger partial charge in [0.1, 0.15) is 11.3 Å². The molecule has 1 saturated heterocycles. The molecule has 0 aromatic carbocycles. The van der Waals surface area contributed by atoms with Gasteiger partial charge in [-0.1, -0.05) is 6.07 Å². The number of nitrogens with one attached hydrogen (secondary N) is 1. The zero-order chi connectivity index (χ0) is 19.8. The third kappa shape index (κ3) is 3.30. The summed E-state index contributed by atoms with van der Waals surface area (Å²) in [7, 11) is 3.08. The molecule has 9 heteroatoms. The number of rotatable bonds is 4. The summed E-state index contributed by atoms with van der Waals surface area (Å²) in [6, 6.07) is 4.07. The monoisotopic (exact) mass is 401 g/mol. The predicted octanol–water partition coefficient (Wildman–Crippen LogP) is 1.36. The van der Waals surface area contributed by atoms with Crippen molar-refractivity contribution in [1.82, 2.24) is 24.0 Å². The number of carbonyl (C=O) groups is 1. The standard InChI is InChI=1S/C19H23N5O3S/c1-22-17-15(18(26)23(2)19(22)27)20-16(21-17)12-7-9-24(10-8-12)14(25)6-5-13-4-3-11-28-13/h3-4,11-12H,5-10H2,1-2H3,(H,20,21). The first-order valence-electron chi connectivity index (χ1n) is 9.41. The number of aromatic nitrogens is 4. The Hall–Kier alpha value is -2.68. The summed E-state index contributed by atoms with van der Waals surface area (Å²) in [5.74, 6) is 1.06. The predicted molar refractivity (Wildman–Crippen MR) is 108 cm³/mol. The Morgan fingerprint density at radius 1 is 1.25 bits per heavy atom. The third-order valence-electron chi connectivity index (χ3n) is 5.51. The van der Waals surface area contributed by atoms with Gasteiger partial charge in [0.05, 0.1) is 0 Å². The number of hydrogen-bond donors (Lipinski definition) is 1. The summed E-state index contributed by atoms with van der Waals surface area (Å²) in [5, 5.41) is 2.03. The SMILES string of the molecule is Cn1c(=O)c2[nH]c(C3CCN(C(=O)CCc4cccs4)CC3)nc2n(C)c1=O. The Balaban J connectivity index is 1.44. The van der Waals surface area contributed by atoms with Crippen molar-refractivity contribution in [2.45, 2.75) is 31.6 Å². The summed E-state index contributed by atoms with van der Waals surface area (Å²) in [4.78, 5) is 47.7. The Labute approximate surface area is 165 Å². The molecule has 1 aliphatic heterocycles. The van der Waals surface area contributed by atoms with Gasteiger partial charge in [-0.2, -0.15) is 0 Å². The lowest BCUT2D eigenvalue weighted by Crippen LogP contribution is -2.38. The Kier molecular flexibility index (Phi) is 4.92. The zero-order valence-corrected chi connectivity index (χ0v) is 16.8. The van der Waals surface area contributed by atoms with Gasteiger partial charge in [0.25, 0.3) is 5.56 Å². The molecule has 0 spiro atoms. The van der Waals surface area contributed by atoms with Crippen LogP contribution in [0.3, 0.4) is 0 Å². The van der Waals surface area contributed by atoms with Gasteiger partial charge >= 0.3 is 5.69 Å². The fourth-order valence-electron chi connectivity index (χ4n) is 3.78. The number of carbonyl (C=O) groups excluding carboxylic acids is 1. The molecule has 28 heavy (non-hydrogen) atoms. The lowest BCUT2D eigenvalue weighted by Gasteiger charge is -2.31. The number of H-pyrrole nitrogens is 1. The lowest BCUT2D eigenvalue weighted by molar-refractivity contribution is -0.132. The van der Waals surface area contributed by atoms with Crippen LogP contribution in [0.25, 0.3) is 11.2 Å². The van der Waals surface area contributed by atoms with Crippen molar-refractivity contribution in [1.29, 1.82) is 0 Å². The Morgan fingerprint density at radius 3 is 2.68 bits per heavy atom. The van der Waals surface area contributed by atoms with Gasteiger partial charge in [0.15, 0.2) is 5.65 Å². The molecule has 3 aromatic heterocycles. The van der Waals surface area contributed by atoms with Crippen molar-refractivity contribution in [3.63, 3.8) is 0 Å². The molecule has 4 rings (SSSR count). The maximum atomic E-state index is 12.5. The highest BCUT2D eigenvalue weighted by Crippen LogP contribution is 2.27. The molecule has 148 valence electrons. The summed E-state index contributed by atoms with van der Waals surface area (Å²) in [6.07, 6.45) is 2.91. The summed E-state index contributed by atoms with van der Waals surface area (Å²) in [6.45, 7) is 1.36. The topological polar surface area (TPSA) is 93.0 Å². The molecule has 0 unspecified atom stereocenters. The van der Waals surface area contributed by atoms with E-state index in [1.54, 1.807) is 18.4 Å². The number of piperidine rings is 1. The molecule has 1 N–H and O–H groups in total. The average Bonchev–Trinajstić information content (AvgIpc) is 3.39. The molecule has 1 aliphatic rings. The minimum atomic E-state index is -0.387. The number of aromatic amines is 1. The second kappa shape index (κ2) is 7.38. The van der Waals surface area contributed by atoms with Crippen LogP contribution >= 0.6 is 11.3 Å². The molecule has 0 radical (unpaired) electrons. The second-order valence-corrected chi connectivity index (χ2v) is 8.29. The van der Waals surface area contributed by atoms with Gasteiger partial charge < -0.3 is 9.88 Å². The van der Waals surface area contributed by atoms with E-state index in [0.717, 1.165) is 29.7 Å².